The number of amides is 2. The normalized spacial score (nSPS) is 24.6. The summed E-state index contributed by atoms with van der Waals surface area (Å²) < 4.78 is 5.23. The maximum Gasteiger partial charge on any atom is 0.407 e. The molecule has 0 aromatic carbocycles. The highest BCUT2D eigenvalue weighted by atomic mass is 16.6. The van der Waals surface area contributed by atoms with E-state index in [0.29, 0.717) is 0 Å². The second-order valence-corrected chi connectivity index (χ2v) is 6.49. The predicted molar refractivity (Wildman–Crippen MR) is 77.2 cm³/mol. The molecule has 0 aliphatic heterocycles. The van der Waals surface area contributed by atoms with Crippen LogP contribution in [0.4, 0.5) is 4.79 Å². The van der Waals surface area contributed by atoms with Crippen molar-refractivity contribution in [3.63, 3.8) is 0 Å². The molecular weight excluding hydrogens is 258 g/mol. The molecule has 1 aliphatic carbocycles. The number of carbonyl (C=O) groups is 2. The molecule has 1 rings (SSSR count). The zero-order valence-corrected chi connectivity index (χ0v) is 12.9. The predicted octanol–water partition coefficient (Wildman–Crippen LogP) is 1.29. The van der Waals surface area contributed by atoms with E-state index in [1.165, 1.54) is 0 Å². The summed E-state index contributed by atoms with van der Waals surface area (Å²) in [5, 5.41) is 5.80. The Morgan fingerprint density at radius 3 is 1.95 bits per heavy atom. The minimum absolute atomic E-state index is 0.117. The van der Waals surface area contributed by atoms with Crippen molar-refractivity contribution < 1.29 is 14.3 Å². The van der Waals surface area contributed by atoms with Crippen molar-refractivity contribution in [3.8, 4) is 0 Å². The highest BCUT2D eigenvalue weighted by molar-refractivity contribution is 5.81. The minimum atomic E-state index is -0.480. The molecule has 4 N–H and O–H groups in total. The van der Waals surface area contributed by atoms with Crippen LogP contribution in [0.25, 0.3) is 0 Å². The Morgan fingerprint density at radius 2 is 1.55 bits per heavy atom. The van der Waals surface area contributed by atoms with Crippen molar-refractivity contribution in [2.24, 2.45) is 5.73 Å². The fourth-order valence-corrected chi connectivity index (χ4v) is 2.19. The number of nitrogens with two attached hydrogens (primary N) is 1. The molecule has 0 spiro atoms. The van der Waals surface area contributed by atoms with Gasteiger partial charge in [-0.15, -0.1) is 0 Å². The fourth-order valence-electron chi connectivity index (χ4n) is 2.19. The summed E-state index contributed by atoms with van der Waals surface area (Å²) in [6.45, 7) is 7.19. The summed E-state index contributed by atoms with van der Waals surface area (Å²) in [5.41, 5.74) is 5.04. The van der Waals surface area contributed by atoms with Gasteiger partial charge in [-0.25, -0.2) is 4.79 Å². The maximum absolute atomic E-state index is 11.7. The van der Waals surface area contributed by atoms with Crippen molar-refractivity contribution in [2.75, 3.05) is 0 Å². The lowest BCUT2D eigenvalue weighted by Crippen LogP contribution is -2.48. The summed E-state index contributed by atoms with van der Waals surface area (Å²) in [6.07, 6.45) is 2.99. The summed E-state index contributed by atoms with van der Waals surface area (Å²) in [7, 11) is 0. The maximum atomic E-state index is 11.7. The van der Waals surface area contributed by atoms with Crippen molar-refractivity contribution in [2.45, 2.75) is 77.1 Å². The van der Waals surface area contributed by atoms with Gasteiger partial charge in [-0.05, 0) is 53.4 Å². The van der Waals surface area contributed by atoms with Crippen molar-refractivity contribution in [1.29, 1.82) is 0 Å². The smallest absolute Gasteiger partial charge is 0.407 e. The van der Waals surface area contributed by atoms with E-state index in [9.17, 15) is 9.59 Å². The van der Waals surface area contributed by atoms with Crippen LogP contribution in [-0.4, -0.2) is 35.7 Å². The summed E-state index contributed by atoms with van der Waals surface area (Å²) >= 11 is 0. The lowest BCUT2D eigenvalue weighted by atomic mass is 9.91. The van der Waals surface area contributed by atoms with E-state index < -0.39 is 11.6 Å². The first kappa shape index (κ1) is 16.8. The molecule has 2 amide bonds. The van der Waals surface area contributed by atoms with Gasteiger partial charge in [-0.2, -0.15) is 0 Å². The summed E-state index contributed by atoms with van der Waals surface area (Å²) in [5.74, 6) is -0.117. The van der Waals surface area contributed by atoms with E-state index in [4.69, 9.17) is 10.5 Å². The molecule has 20 heavy (non-hydrogen) atoms. The van der Waals surface area contributed by atoms with Gasteiger partial charge in [-0.3, -0.25) is 4.79 Å². The van der Waals surface area contributed by atoms with Crippen molar-refractivity contribution >= 4 is 12.0 Å². The van der Waals surface area contributed by atoms with E-state index in [1.54, 1.807) is 6.92 Å². The number of carbonyl (C=O) groups excluding carboxylic acids is 2. The zero-order valence-electron chi connectivity index (χ0n) is 12.9. The number of ether oxygens (including phenoxy) is 1. The van der Waals surface area contributed by atoms with E-state index in [-0.39, 0.29) is 24.1 Å². The third-order valence-corrected chi connectivity index (χ3v) is 3.21. The largest absolute Gasteiger partial charge is 0.444 e. The minimum Gasteiger partial charge on any atom is -0.444 e. The lowest BCUT2D eigenvalue weighted by molar-refractivity contribution is -0.122. The van der Waals surface area contributed by atoms with Crippen LogP contribution in [0.2, 0.25) is 0 Å². The molecule has 1 atom stereocenters. The number of rotatable bonds is 3. The Kier molecular flexibility index (Phi) is 5.80. The van der Waals surface area contributed by atoms with Gasteiger partial charge in [0.1, 0.15) is 5.60 Å². The molecule has 6 heteroatoms. The van der Waals surface area contributed by atoms with E-state index in [0.717, 1.165) is 25.7 Å². The quantitative estimate of drug-likeness (QED) is 0.728. The molecule has 1 aliphatic rings. The third kappa shape index (κ3) is 6.23. The number of hydrogen-bond acceptors (Lipinski definition) is 4. The molecule has 0 bridgehead atoms. The van der Waals surface area contributed by atoms with Crippen LogP contribution >= 0.6 is 0 Å². The first-order valence-corrected chi connectivity index (χ1v) is 7.23. The lowest BCUT2D eigenvalue weighted by Gasteiger charge is -2.30. The molecular formula is C14H27N3O3. The Bertz CT molecular complexity index is 342. The van der Waals surface area contributed by atoms with Gasteiger partial charge in [0.15, 0.2) is 0 Å². The zero-order chi connectivity index (χ0) is 15.3. The molecule has 0 aromatic rings. The van der Waals surface area contributed by atoms with Gasteiger partial charge in [0.25, 0.3) is 0 Å². The standard InChI is InChI=1S/C14H27N3O3/c1-9(15)12(18)16-10-5-7-11(8-6-10)17-13(19)20-14(2,3)4/h9-11H,5-8,15H2,1-4H3,(H,16,18)(H,17,19)/t9-,10?,11?/m0/s1. The number of hydrogen-bond donors (Lipinski definition) is 3. The van der Waals surface area contributed by atoms with Crippen LogP contribution in [0.1, 0.15) is 53.4 Å². The Hall–Kier alpha value is -1.30. The molecule has 1 fully saturated rings. The van der Waals surface area contributed by atoms with Gasteiger partial charge < -0.3 is 21.1 Å². The first-order chi connectivity index (χ1) is 9.17. The van der Waals surface area contributed by atoms with Crippen molar-refractivity contribution in [3.05, 3.63) is 0 Å². The number of nitrogens with one attached hydrogen (secondary N) is 2. The highest BCUT2D eigenvalue weighted by Crippen LogP contribution is 2.19. The fraction of sp³-hybridized carbons (Fsp3) is 0.857. The van der Waals surface area contributed by atoms with Gasteiger partial charge in [0.2, 0.25) is 5.91 Å². The van der Waals surface area contributed by atoms with Crippen LogP contribution in [0, 0.1) is 0 Å². The topological polar surface area (TPSA) is 93.5 Å². The van der Waals surface area contributed by atoms with E-state index in [2.05, 4.69) is 10.6 Å². The van der Waals surface area contributed by atoms with Gasteiger partial charge in [-0.1, -0.05) is 0 Å². The molecule has 0 unspecified atom stereocenters. The van der Waals surface area contributed by atoms with E-state index >= 15 is 0 Å². The van der Waals surface area contributed by atoms with Crippen LogP contribution in [0.15, 0.2) is 0 Å². The molecule has 0 heterocycles. The Balaban J connectivity index is 2.29. The number of alkyl carbamates (subject to hydrolysis) is 1. The van der Waals surface area contributed by atoms with Crippen LogP contribution in [-0.2, 0) is 9.53 Å². The second-order valence-electron chi connectivity index (χ2n) is 6.49. The van der Waals surface area contributed by atoms with Gasteiger partial charge >= 0.3 is 6.09 Å². The third-order valence-electron chi connectivity index (χ3n) is 3.21. The Morgan fingerprint density at radius 1 is 1.10 bits per heavy atom. The highest BCUT2D eigenvalue weighted by Gasteiger charge is 2.25. The Labute approximate surface area is 120 Å². The van der Waals surface area contributed by atoms with E-state index in [1.807, 2.05) is 20.8 Å². The van der Waals surface area contributed by atoms with Gasteiger partial charge in [0.05, 0.1) is 6.04 Å². The van der Waals surface area contributed by atoms with Crippen LogP contribution < -0.4 is 16.4 Å². The van der Waals surface area contributed by atoms with Crippen molar-refractivity contribution in [1.82, 2.24) is 10.6 Å². The molecule has 0 radical (unpaired) electrons. The monoisotopic (exact) mass is 285 g/mol. The molecule has 0 aromatic heterocycles. The van der Waals surface area contributed by atoms with Crippen LogP contribution in [0.5, 0.6) is 0 Å². The average molecular weight is 285 g/mol. The summed E-state index contributed by atoms with van der Waals surface area (Å²) in [4.78, 5) is 23.2. The molecule has 1 saturated carbocycles. The average Bonchev–Trinajstić information content (AvgIpc) is 2.28. The van der Waals surface area contributed by atoms with Crippen LogP contribution in [0.3, 0.4) is 0 Å². The summed E-state index contributed by atoms with van der Waals surface area (Å²) in [6, 6.07) is -0.203. The van der Waals surface area contributed by atoms with Gasteiger partial charge in [0, 0.05) is 12.1 Å². The SMILES string of the molecule is C[C@H](N)C(=O)NC1CCC(NC(=O)OC(C)(C)C)CC1. The molecule has 0 saturated heterocycles. The molecule has 6 nitrogen and oxygen atoms in total. The second kappa shape index (κ2) is 6.92. The first-order valence-electron chi connectivity index (χ1n) is 7.23. The molecule has 116 valence electrons.